The molecule has 0 atom stereocenters. The van der Waals surface area contributed by atoms with E-state index < -0.39 is 0 Å². The second-order valence-electron chi connectivity index (χ2n) is 3.22. The molecule has 0 fully saturated rings. The van der Waals surface area contributed by atoms with Gasteiger partial charge in [-0.1, -0.05) is 4.68 Å². The molecule has 2 aromatic rings. The zero-order valence-electron chi connectivity index (χ0n) is 8.31. The number of aryl methyl sites for hydroxylation is 2. The van der Waals surface area contributed by atoms with Crippen LogP contribution in [-0.2, 0) is 7.05 Å². The van der Waals surface area contributed by atoms with Gasteiger partial charge in [-0.3, -0.25) is 4.98 Å². The third-order valence-electron chi connectivity index (χ3n) is 2.24. The Morgan fingerprint density at radius 2 is 2.07 bits per heavy atom. The normalized spacial score (nSPS) is 10.1. The van der Waals surface area contributed by atoms with E-state index in [-0.39, 0.29) is 0 Å². The molecule has 2 rings (SSSR count). The predicted molar refractivity (Wildman–Crippen MR) is 53.4 cm³/mol. The summed E-state index contributed by atoms with van der Waals surface area (Å²) in [7, 11) is 1.93. The van der Waals surface area contributed by atoms with E-state index in [1.165, 1.54) is 5.56 Å². The fourth-order valence-electron chi connectivity index (χ4n) is 1.44. The lowest BCUT2D eigenvalue weighted by molar-refractivity contribution is -0.720. The Bertz CT molecular complexity index is 408. The smallest absolute Gasteiger partial charge is 0.240 e. The number of aromatic nitrogens is 3. The van der Waals surface area contributed by atoms with E-state index in [1.54, 1.807) is 12.4 Å². The summed E-state index contributed by atoms with van der Waals surface area (Å²) >= 11 is 0. The SMILES string of the molecule is Cc1ccncc1-c1cccn[n+]1C. The zero-order chi connectivity index (χ0) is 9.97. The summed E-state index contributed by atoms with van der Waals surface area (Å²) in [6.07, 6.45) is 5.44. The molecule has 0 radical (unpaired) electrons. The highest BCUT2D eigenvalue weighted by atomic mass is 15.2. The highest BCUT2D eigenvalue weighted by Crippen LogP contribution is 2.16. The minimum Gasteiger partial charge on any atom is -0.264 e. The van der Waals surface area contributed by atoms with Crippen molar-refractivity contribution in [1.82, 2.24) is 10.1 Å². The quantitative estimate of drug-likeness (QED) is 0.628. The molecule has 70 valence electrons. The van der Waals surface area contributed by atoms with E-state index in [0.717, 1.165) is 11.3 Å². The van der Waals surface area contributed by atoms with Gasteiger partial charge < -0.3 is 0 Å². The van der Waals surface area contributed by atoms with Gasteiger partial charge in [-0.15, -0.1) is 0 Å². The Balaban J connectivity index is 2.61. The number of rotatable bonds is 1. The van der Waals surface area contributed by atoms with Gasteiger partial charge in [0.15, 0.2) is 7.05 Å². The number of pyridine rings is 1. The molecule has 0 aliphatic heterocycles. The molecule has 0 bridgehead atoms. The third kappa shape index (κ3) is 1.48. The minimum absolute atomic E-state index is 1.08. The second-order valence-corrected chi connectivity index (χ2v) is 3.22. The Hall–Kier alpha value is -1.77. The van der Waals surface area contributed by atoms with Crippen molar-refractivity contribution in [3.8, 4) is 11.3 Å². The van der Waals surface area contributed by atoms with Gasteiger partial charge in [0.1, 0.15) is 0 Å². The summed E-state index contributed by atoms with van der Waals surface area (Å²) in [5, 5.41) is 4.19. The van der Waals surface area contributed by atoms with E-state index >= 15 is 0 Å². The van der Waals surface area contributed by atoms with E-state index in [9.17, 15) is 0 Å². The monoisotopic (exact) mass is 186 g/mol. The first kappa shape index (κ1) is 8.81. The van der Waals surface area contributed by atoms with Gasteiger partial charge in [-0.25, -0.2) is 0 Å². The van der Waals surface area contributed by atoms with Crippen LogP contribution >= 0.6 is 0 Å². The highest BCUT2D eigenvalue weighted by Gasteiger charge is 2.11. The molecule has 0 N–H and O–H groups in total. The molecule has 0 amide bonds. The lowest BCUT2D eigenvalue weighted by atomic mass is 10.1. The van der Waals surface area contributed by atoms with Crippen LogP contribution in [0.25, 0.3) is 11.3 Å². The van der Waals surface area contributed by atoms with Gasteiger partial charge in [-0.2, -0.15) is 0 Å². The van der Waals surface area contributed by atoms with Crippen molar-refractivity contribution in [1.29, 1.82) is 0 Å². The maximum Gasteiger partial charge on any atom is 0.240 e. The molecule has 0 aromatic carbocycles. The van der Waals surface area contributed by atoms with Crippen molar-refractivity contribution in [2.75, 3.05) is 0 Å². The molecule has 14 heavy (non-hydrogen) atoms. The van der Waals surface area contributed by atoms with Crippen LogP contribution in [-0.4, -0.2) is 10.1 Å². The third-order valence-corrected chi connectivity index (χ3v) is 2.24. The largest absolute Gasteiger partial charge is 0.264 e. The predicted octanol–water partition coefficient (Wildman–Crippen LogP) is 1.28. The lowest BCUT2D eigenvalue weighted by Crippen LogP contribution is -2.35. The molecule has 0 aliphatic rings. The van der Waals surface area contributed by atoms with Gasteiger partial charge in [0.2, 0.25) is 5.69 Å². The standard InChI is InChI=1S/C11H12N3/c1-9-5-7-12-8-10(9)11-4-3-6-13-14(11)2/h3-8H,1-2H3/q+1. The number of hydrogen-bond donors (Lipinski definition) is 0. The molecule has 3 nitrogen and oxygen atoms in total. The van der Waals surface area contributed by atoms with Crippen molar-refractivity contribution < 1.29 is 4.68 Å². The summed E-state index contributed by atoms with van der Waals surface area (Å²) in [5.74, 6) is 0. The van der Waals surface area contributed by atoms with Crippen molar-refractivity contribution in [2.24, 2.45) is 7.05 Å². The Kier molecular flexibility index (Phi) is 2.23. The maximum atomic E-state index is 4.19. The first-order chi connectivity index (χ1) is 6.79. The molecule has 0 unspecified atom stereocenters. The minimum atomic E-state index is 1.08. The van der Waals surface area contributed by atoms with Gasteiger partial charge in [0, 0.05) is 18.5 Å². The van der Waals surface area contributed by atoms with Crippen molar-refractivity contribution >= 4 is 0 Å². The number of nitrogens with zero attached hydrogens (tertiary/aromatic N) is 3. The molecule has 0 saturated carbocycles. The first-order valence-electron chi connectivity index (χ1n) is 4.51. The average Bonchev–Trinajstić information content (AvgIpc) is 2.20. The van der Waals surface area contributed by atoms with Crippen LogP contribution < -0.4 is 4.68 Å². The summed E-state index contributed by atoms with van der Waals surface area (Å²) in [4.78, 5) is 4.12. The molecule has 0 saturated heterocycles. The van der Waals surface area contributed by atoms with E-state index in [0.29, 0.717) is 0 Å². The van der Waals surface area contributed by atoms with Gasteiger partial charge in [-0.05, 0) is 29.7 Å². The fourth-order valence-corrected chi connectivity index (χ4v) is 1.44. The van der Waals surface area contributed by atoms with Crippen LogP contribution in [0.4, 0.5) is 0 Å². The van der Waals surface area contributed by atoms with Gasteiger partial charge in [0.25, 0.3) is 0 Å². The molecular weight excluding hydrogens is 174 g/mol. The molecule has 2 heterocycles. The Morgan fingerprint density at radius 3 is 2.79 bits per heavy atom. The molecule has 0 spiro atoms. The summed E-state index contributed by atoms with van der Waals surface area (Å²) in [5.41, 5.74) is 3.42. The Morgan fingerprint density at radius 1 is 1.21 bits per heavy atom. The van der Waals surface area contributed by atoms with Crippen LogP contribution in [0.1, 0.15) is 5.56 Å². The van der Waals surface area contributed by atoms with Crippen LogP contribution in [0.3, 0.4) is 0 Å². The fraction of sp³-hybridized carbons (Fsp3) is 0.182. The van der Waals surface area contributed by atoms with Crippen molar-refractivity contribution in [3.05, 3.63) is 42.4 Å². The lowest BCUT2D eigenvalue weighted by Gasteiger charge is -2.00. The first-order valence-corrected chi connectivity index (χ1v) is 4.51. The van der Waals surface area contributed by atoms with Gasteiger partial charge in [0.05, 0.1) is 11.8 Å². The Labute approximate surface area is 83.1 Å². The van der Waals surface area contributed by atoms with Crippen LogP contribution in [0.15, 0.2) is 36.8 Å². The zero-order valence-corrected chi connectivity index (χ0v) is 8.31. The van der Waals surface area contributed by atoms with Crippen LogP contribution in [0, 0.1) is 6.92 Å². The topological polar surface area (TPSA) is 29.7 Å². The van der Waals surface area contributed by atoms with Crippen molar-refractivity contribution in [2.45, 2.75) is 6.92 Å². The summed E-state index contributed by atoms with van der Waals surface area (Å²) in [6, 6.07) is 5.97. The highest BCUT2D eigenvalue weighted by molar-refractivity contribution is 5.58. The molecular formula is C11H12N3+. The molecule has 2 aromatic heterocycles. The summed E-state index contributed by atoms with van der Waals surface area (Å²) in [6.45, 7) is 2.07. The average molecular weight is 186 g/mol. The molecule has 3 heteroatoms. The van der Waals surface area contributed by atoms with Crippen LogP contribution in [0.5, 0.6) is 0 Å². The van der Waals surface area contributed by atoms with Crippen LogP contribution in [0.2, 0.25) is 0 Å². The molecule has 0 aliphatic carbocycles. The van der Waals surface area contributed by atoms with Gasteiger partial charge >= 0.3 is 0 Å². The number of hydrogen-bond acceptors (Lipinski definition) is 2. The summed E-state index contributed by atoms with van der Waals surface area (Å²) < 4.78 is 1.85. The van der Waals surface area contributed by atoms with E-state index in [2.05, 4.69) is 17.0 Å². The van der Waals surface area contributed by atoms with E-state index in [1.807, 2.05) is 36.1 Å². The maximum absolute atomic E-state index is 4.19. The van der Waals surface area contributed by atoms with Crippen molar-refractivity contribution in [3.63, 3.8) is 0 Å². The second kappa shape index (κ2) is 3.54. The van der Waals surface area contributed by atoms with E-state index in [4.69, 9.17) is 0 Å².